The average molecular weight is 356 g/mol. The van der Waals surface area contributed by atoms with E-state index in [-0.39, 0.29) is 23.2 Å². The second-order valence-electron chi connectivity index (χ2n) is 5.96. The van der Waals surface area contributed by atoms with Crippen LogP contribution in [0.1, 0.15) is 21.5 Å². The average Bonchev–Trinajstić information content (AvgIpc) is 2.61. The predicted molar refractivity (Wildman–Crippen MR) is 88.7 cm³/mol. The molecule has 4 nitrogen and oxygen atoms in total. The largest absolute Gasteiger partial charge is 0.416 e. The number of hydrogen-bond donors (Lipinski definition) is 0. The van der Waals surface area contributed by atoms with Crippen molar-refractivity contribution < 1.29 is 22.8 Å². The Morgan fingerprint density at radius 3 is 2.54 bits per heavy atom. The summed E-state index contributed by atoms with van der Waals surface area (Å²) in [5, 5.41) is 1.35. The normalized spacial score (nSPS) is 14.7. The summed E-state index contributed by atoms with van der Waals surface area (Å²) in [5.74, 6) is -1.28. The molecule has 4 rings (SSSR count). The van der Waals surface area contributed by atoms with Gasteiger partial charge in [0.05, 0.1) is 23.9 Å². The molecule has 0 atom stereocenters. The minimum absolute atomic E-state index is 0.118. The summed E-state index contributed by atoms with van der Waals surface area (Å²) in [4.78, 5) is 30.4. The summed E-state index contributed by atoms with van der Waals surface area (Å²) in [6.07, 6.45) is -1.75. The Hall–Kier alpha value is -3.22. The van der Waals surface area contributed by atoms with Crippen molar-refractivity contribution in [1.29, 1.82) is 0 Å². The Balaban J connectivity index is 1.87. The lowest BCUT2D eigenvalue weighted by molar-refractivity contribution is -0.137. The number of fused-ring (bicyclic) bond motifs is 2. The summed E-state index contributed by atoms with van der Waals surface area (Å²) in [6, 6.07) is 9.92. The third-order valence-corrected chi connectivity index (χ3v) is 4.35. The van der Waals surface area contributed by atoms with Crippen LogP contribution in [0.5, 0.6) is 0 Å². The van der Waals surface area contributed by atoms with E-state index in [0.717, 1.165) is 22.4 Å². The zero-order valence-corrected chi connectivity index (χ0v) is 13.2. The number of pyridine rings is 1. The molecule has 0 spiro atoms. The Bertz CT molecular complexity index is 1050. The second kappa shape index (κ2) is 5.66. The van der Waals surface area contributed by atoms with Crippen molar-refractivity contribution in [2.45, 2.75) is 12.6 Å². The first-order valence-corrected chi connectivity index (χ1v) is 7.76. The van der Waals surface area contributed by atoms with Gasteiger partial charge in [0.15, 0.2) is 0 Å². The molecule has 2 amide bonds. The lowest BCUT2D eigenvalue weighted by atomic mass is 9.95. The maximum Gasteiger partial charge on any atom is 0.416 e. The van der Waals surface area contributed by atoms with Gasteiger partial charge in [0.2, 0.25) is 5.91 Å². The highest BCUT2D eigenvalue weighted by atomic mass is 19.4. The molecule has 130 valence electrons. The van der Waals surface area contributed by atoms with Crippen molar-refractivity contribution in [1.82, 2.24) is 4.98 Å². The lowest BCUT2D eigenvalue weighted by Gasteiger charge is -2.28. The molecule has 0 radical (unpaired) electrons. The number of alkyl halides is 3. The number of carbonyl (C=O) groups is 2. The molecule has 1 aromatic heterocycles. The van der Waals surface area contributed by atoms with Gasteiger partial charge in [0.25, 0.3) is 5.91 Å². The molecule has 2 heterocycles. The summed E-state index contributed by atoms with van der Waals surface area (Å²) in [6.45, 7) is 0. The van der Waals surface area contributed by atoms with Crippen molar-refractivity contribution in [2.24, 2.45) is 0 Å². The van der Waals surface area contributed by atoms with Crippen LogP contribution in [0.3, 0.4) is 0 Å². The fraction of sp³-hybridized carbons (Fsp3) is 0.105. The molecule has 0 fully saturated rings. The summed E-state index contributed by atoms with van der Waals surface area (Å²) in [5.41, 5.74) is -0.485. The van der Waals surface area contributed by atoms with Crippen LogP contribution in [0.2, 0.25) is 0 Å². The van der Waals surface area contributed by atoms with E-state index in [1.165, 1.54) is 12.3 Å². The molecule has 3 aromatic rings. The van der Waals surface area contributed by atoms with Crippen LogP contribution >= 0.6 is 0 Å². The molecular formula is C19H11F3N2O2. The van der Waals surface area contributed by atoms with Gasteiger partial charge in [0.1, 0.15) is 0 Å². The number of rotatable bonds is 1. The predicted octanol–water partition coefficient (Wildman–Crippen LogP) is 3.98. The number of anilines is 1. The third kappa shape index (κ3) is 2.52. The topological polar surface area (TPSA) is 50.3 Å². The van der Waals surface area contributed by atoms with Crippen molar-refractivity contribution >= 4 is 28.3 Å². The van der Waals surface area contributed by atoms with Crippen LogP contribution < -0.4 is 4.90 Å². The zero-order chi connectivity index (χ0) is 18.5. The molecule has 1 aliphatic heterocycles. The van der Waals surface area contributed by atoms with Crippen LogP contribution in [0.25, 0.3) is 10.8 Å². The molecule has 2 aromatic carbocycles. The number of benzene rings is 2. The van der Waals surface area contributed by atoms with Gasteiger partial charge in [-0.05, 0) is 17.7 Å². The number of aromatic nitrogens is 1. The maximum absolute atomic E-state index is 13.0. The highest BCUT2D eigenvalue weighted by molar-refractivity contribution is 6.27. The van der Waals surface area contributed by atoms with Crippen LogP contribution in [-0.2, 0) is 17.4 Å². The van der Waals surface area contributed by atoms with Gasteiger partial charge >= 0.3 is 6.18 Å². The lowest BCUT2D eigenvalue weighted by Crippen LogP contribution is -2.42. The fourth-order valence-electron chi connectivity index (χ4n) is 3.10. The molecular weight excluding hydrogens is 345 g/mol. The van der Waals surface area contributed by atoms with Crippen molar-refractivity contribution in [3.8, 4) is 0 Å². The van der Waals surface area contributed by atoms with Crippen molar-refractivity contribution in [3.05, 3.63) is 71.5 Å². The van der Waals surface area contributed by atoms with E-state index in [1.807, 2.05) is 0 Å². The second-order valence-corrected chi connectivity index (χ2v) is 5.96. The molecule has 0 saturated carbocycles. The Morgan fingerprint density at radius 1 is 1.00 bits per heavy atom. The van der Waals surface area contributed by atoms with Gasteiger partial charge in [-0.1, -0.05) is 30.3 Å². The summed E-state index contributed by atoms with van der Waals surface area (Å²) >= 11 is 0. The van der Waals surface area contributed by atoms with Gasteiger partial charge < -0.3 is 0 Å². The van der Waals surface area contributed by atoms with E-state index in [1.54, 1.807) is 30.5 Å². The molecule has 7 heteroatoms. The van der Waals surface area contributed by atoms with Gasteiger partial charge in [-0.25, -0.2) is 4.90 Å². The van der Waals surface area contributed by atoms with Gasteiger partial charge in [-0.15, -0.1) is 0 Å². The standard InChI is InChI=1S/C19H11F3N2O2/c20-19(21,22)13-6-5-11-7-17(25)24(18(26)15(11)8-13)16-10-23-9-12-3-1-2-4-14(12)16/h1-6,8-10H,7H2. The number of nitrogens with zero attached hydrogens (tertiary/aromatic N) is 2. The first-order chi connectivity index (χ1) is 12.4. The van der Waals surface area contributed by atoms with Crippen LogP contribution in [0.4, 0.5) is 18.9 Å². The smallest absolute Gasteiger partial charge is 0.274 e. The van der Waals surface area contributed by atoms with E-state index in [4.69, 9.17) is 0 Å². The van der Waals surface area contributed by atoms with Crippen LogP contribution in [0, 0.1) is 0 Å². The molecule has 0 N–H and O–H groups in total. The Morgan fingerprint density at radius 2 is 1.77 bits per heavy atom. The number of imide groups is 1. The van der Waals surface area contributed by atoms with Gasteiger partial charge in [-0.2, -0.15) is 13.2 Å². The fourth-order valence-corrected chi connectivity index (χ4v) is 3.10. The summed E-state index contributed by atoms with van der Waals surface area (Å²) < 4.78 is 39.0. The van der Waals surface area contributed by atoms with Gasteiger partial charge in [0, 0.05) is 22.5 Å². The Kier molecular flexibility index (Phi) is 3.54. The Labute approximate surface area is 145 Å². The van der Waals surface area contributed by atoms with E-state index in [9.17, 15) is 22.8 Å². The molecule has 0 aliphatic carbocycles. The minimum Gasteiger partial charge on any atom is -0.274 e. The number of hydrogen-bond acceptors (Lipinski definition) is 3. The van der Waals surface area contributed by atoms with Crippen LogP contribution in [0.15, 0.2) is 54.9 Å². The third-order valence-electron chi connectivity index (χ3n) is 4.35. The van der Waals surface area contributed by atoms with Gasteiger partial charge in [-0.3, -0.25) is 14.6 Å². The molecule has 0 unspecified atom stereocenters. The van der Waals surface area contributed by atoms with E-state index >= 15 is 0 Å². The van der Waals surface area contributed by atoms with Crippen LogP contribution in [-0.4, -0.2) is 16.8 Å². The van der Waals surface area contributed by atoms with E-state index in [0.29, 0.717) is 5.39 Å². The first kappa shape index (κ1) is 16.3. The maximum atomic E-state index is 13.0. The SMILES string of the molecule is O=C1Cc2ccc(C(F)(F)F)cc2C(=O)N1c1cncc2ccccc12. The number of carbonyl (C=O) groups excluding carboxylic acids is 2. The molecule has 0 saturated heterocycles. The molecule has 26 heavy (non-hydrogen) atoms. The monoisotopic (exact) mass is 356 g/mol. The quantitative estimate of drug-likeness (QED) is 0.620. The highest BCUT2D eigenvalue weighted by Gasteiger charge is 2.37. The van der Waals surface area contributed by atoms with E-state index < -0.39 is 23.6 Å². The van der Waals surface area contributed by atoms with Crippen molar-refractivity contribution in [3.63, 3.8) is 0 Å². The number of amides is 2. The van der Waals surface area contributed by atoms with E-state index in [2.05, 4.69) is 4.98 Å². The van der Waals surface area contributed by atoms with Crippen molar-refractivity contribution in [2.75, 3.05) is 4.90 Å². The number of halogens is 3. The molecule has 0 bridgehead atoms. The first-order valence-electron chi connectivity index (χ1n) is 7.76. The summed E-state index contributed by atoms with van der Waals surface area (Å²) in [7, 11) is 0. The highest BCUT2D eigenvalue weighted by Crippen LogP contribution is 2.34. The zero-order valence-electron chi connectivity index (χ0n) is 13.2. The minimum atomic E-state index is -4.57. The molecule has 1 aliphatic rings.